The fourth-order valence-electron chi connectivity index (χ4n) is 3.81. The summed E-state index contributed by atoms with van der Waals surface area (Å²) in [6.07, 6.45) is 4.06. The lowest BCUT2D eigenvalue weighted by molar-refractivity contribution is 0.0476. The van der Waals surface area contributed by atoms with E-state index in [9.17, 15) is 13.2 Å². The van der Waals surface area contributed by atoms with Gasteiger partial charge in [-0.2, -0.15) is 17.0 Å². The van der Waals surface area contributed by atoms with Crippen LogP contribution in [0.2, 0.25) is 0 Å². The number of piperidine rings is 2. The third-order valence-electron chi connectivity index (χ3n) is 5.06. The van der Waals surface area contributed by atoms with E-state index >= 15 is 0 Å². The van der Waals surface area contributed by atoms with E-state index in [1.54, 1.807) is 8.61 Å². The summed E-state index contributed by atoms with van der Waals surface area (Å²) in [6, 6.07) is -0.541. The maximum absolute atomic E-state index is 13.2. The molecule has 0 aromatic heterocycles. The normalized spacial score (nSPS) is 27.7. The summed E-state index contributed by atoms with van der Waals surface area (Å²) in [4.78, 5) is 12.1. The van der Waals surface area contributed by atoms with Crippen molar-refractivity contribution >= 4 is 16.3 Å². The Hall–Kier alpha value is -0.860. The Balaban J connectivity index is 2.09. The van der Waals surface area contributed by atoms with Crippen molar-refractivity contribution in [3.05, 3.63) is 0 Å². The maximum Gasteiger partial charge on any atom is 0.407 e. The van der Waals surface area contributed by atoms with Gasteiger partial charge in [-0.1, -0.05) is 13.3 Å². The summed E-state index contributed by atoms with van der Waals surface area (Å²) in [5.41, 5.74) is -0.577. The molecular formula is C18H35N3O4S. The van der Waals surface area contributed by atoms with E-state index in [4.69, 9.17) is 4.74 Å². The van der Waals surface area contributed by atoms with E-state index in [0.717, 1.165) is 32.1 Å². The van der Waals surface area contributed by atoms with Crippen LogP contribution in [0, 0.1) is 5.92 Å². The number of nitrogens with zero attached hydrogens (tertiary/aromatic N) is 2. The van der Waals surface area contributed by atoms with Crippen LogP contribution < -0.4 is 5.32 Å². The molecule has 2 aliphatic rings. The zero-order valence-corrected chi connectivity index (χ0v) is 17.6. The summed E-state index contributed by atoms with van der Waals surface area (Å²) < 4.78 is 35.0. The smallest absolute Gasteiger partial charge is 0.407 e. The Kier molecular flexibility index (Phi) is 6.96. The monoisotopic (exact) mass is 389 g/mol. The van der Waals surface area contributed by atoms with Crippen molar-refractivity contribution < 1.29 is 17.9 Å². The minimum atomic E-state index is -3.51. The molecule has 26 heavy (non-hydrogen) atoms. The van der Waals surface area contributed by atoms with Crippen molar-refractivity contribution in [2.45, 2.75) is 84.4 Å². The number of amides is 1. The van der Waals surface area contributed by atoms with Crippen LogP contribution in [0.1, 0.15) is 66.7 Å². The zero-order chi connectivity index (χ0) is 19.5. The number of carbonyl (C=O) groups excluding carboxylic acids is 1. The van der Waals surface area contributed by atoms with Gasteiger partial charge in [0.1, 0.15) is 5.60 Å². The molecule has 0 bridgehead atoms. The van der Waals surface area contributed by atoms with Gasteiger partial charge in [-0.3, -0.25) is 0 Å². The van der Waals surface area contributed by atoms with Crippen LogP contribution in [0.5, 0.6) is 0 Å². The van der Waals surface area contributed by atoms with Gasteiger partial charge in [-0.05, 0) is 59.3 Å². The molecule has 1 amide bonds. The molecule has 2 saturated heterocycles. The van der Waals surface area contributed by atoms with Crippen LogP contribution in [0.3, 0.4) is 0 Å². The van der Waals surface area contributed by atoms with E-state index < -0.39 is 21.9 Å². The fraction of sp³-hybridized carbons (Fsp3) is 0.944. The van der Waals surface area contributed by atoms with Gasteiger partial charge in [-0.15, -0.1) is 0 Å². The standard InChI is InChI=1S/C18H35N3O4S/c1-14-9-8-11-20(13-14)26(23,24)21-12-7-6-10-16(21)15(2)19-17(22)25-18(3,4)5/h14-16H,6-13H2,1-5H3,(H,19,22)/t14-,15-,16+/m1/s1. The predicted octanol–water partition coefficient (Wildman–Crippen LogP) is 2.73. The first kappa shape index (κ1) is 21.4. The van der Waals surface area contributed by atoms with Gasteiger partial charge in [0.05, 0.1) is 0 Å². The molecule has 0 saturated carbocycles. The quantitative estimate of drug-likeness (QED) is 0.802. The first-order chi connectivity index (χ1) is 12.0. The highest BCUT2D eigenvalue weighted by molar-refractivity contribution is 7.86. The molecule has 0 unspecified atom stereocenters. The molecule has 2 aliphatic heterocycles. The molecule has 7 nitrogen and oxygen atoms in total. The van der Waals surface area contributed by atoms with E-state index in [1.165, 1.54) is 0 Å². The highest BCUT2D eigenvalue weighted by atomic mass is 32.2. The highest BCUT2D eigenvalue weighted by Gasteiger charge is 2.40. The topological polar surface area (TPSA) is 79.0 Å². The predicted molar refractivity (Wildman–Crippen MR) is 102 cm³/mol. The molecule has 0 aromatic carbocycles. The third-order valence-corrected chi connectivity index (χ3v) is 7.09. The Bertz CT molecular complexity index is 588. The van der Waals surface area contributed by atoms with Gasteiger partial charge < -0.3 is 10.1 Å². The van der Waals surface area contributed by atoms with Crippen LogP contribution in [0.4, 0.5) is 4.79 Å². The average molecular weight is 390 g/mol. The van der Waals surface area contributed by atoms with E-state index in [2.05, 4.69) is 12.2 Å². The van der Waals surface area contributed by atoms with Crippen molar-refractivity contribution in [3.63, 3.8) is 0 Å². The van der Waals surface area contributed by atoms with Gasteiger partial charge in [0.25, 0.3) is 10.2 Å². The lowest BCUT2D eigenvalue weighted by atomic mass is 9.99. The van der Waals surface area contributed by atoms with E-state index in [-0.39, 0.29) is 12.1 Å². The summed E-state index contributed by atoms with van der Waals surface area (Å²) in [5.74, 6) is 0.388. The van der Waals surface area contributed by atoms with Gasteiger partial charge in [0.2, 0.25) is 0 Å². The van der Waals surface area contributed by atoms with Gasteiger partial charge >= 0.3 is 6.09 Å². The number of hydrogen-bond acceptors (Lipinski definition) is 4. The second-order valence-electron chi connectivity index (χ2n) is 8.72. The Labute approximate surface area is 158 Å². The van der Waals surface area contributed by atoms with Gasteiger partial charge in [0.15, 0.2) is 0 Å². The van der Waals surface area contributed by atoms with E-state index in [0.29, 0.717) is 25.6 Å². The van der Waals surface area contributed by atoms with Crippen LogP contribution in [-0.2, 0) is 14.9 Å². The highest BCUT2D eigenvalue weighted by Crippen LogP contribution is 2.28. The molecule has 0 aliphatic carbocycles. The summed E-state index contributed by atoms with van der Waals surface area (Å²) >= 11 is 0. The van der Waals surface area contributed by atoms with Gasteiger partial charge in [-0.25, -0.2) is 4.79 Å². The summed E-state index contributed by atoms with van der Waals surface area (Å²) in [7, 11) is -3.51. The number of nitrogens with one attached hydrogen (secondary N) is 1. The minimum absolute atomic E-state index is 0.237. The summed E-state index contributed by atoms with van der Waals surface area (Å²) in [5, 5.41) is 2.83. The molecular weight excluding hydrogens is 354 g/mol. The molecule has 3 atom stereocenters. The third kappa shape index (κ3) is 5.57. The number of rotatable bonds is 4. The van der Waals surface area contributed by atoms with E-state index in [1.807, 2.05) is 27.7 Å². The second-order valence-corrected chi connectivity index (χ2v) is 10.6. The largest absolute Gasteiger partial charge is 0.444 e. The van der Waals surface area contributed by atoms with Crippen LogP contribution in [0.25, 0.3) is 0 Å². The lowest BCUT2D eigenvalue weighted by Crippen LogP contribution is -2.58. The average Bonchev–Trinajstić information content (AvgIpc) is 2.53. The second kappa shape index (κ2) is 8.44. The Morgan fingerprint density at radius 1 is 1.15 bits per heavy atom. The molecule has 1 N–H and O–H groups in total. The molecule has 2 heterocycles. The van der Waals surface area contributed by atoms with Crippen molar-refractivity contribution in [2.24, 2.45) is 5.92 Å². The Morgan fingerprint density at radius 2 is 1.85 bits per heavy atom. The van der Waals surface area contributed by atoms with Crippen LogP contribution in [0.15, 0.2) is 0 Å². The number of carbonyl (C=O) groups is 1. The SMILES string of the molecule is C[C@@H]1CCCN(S(=O)(=O)N2CCCC[C@H]2[C@@H](C)NC(=O)OC(C)(C)C)C1. The lowest BCUT2D eigenvalue weighted by Gasteiger charge is -2.42. The van der Waals surface area contributed by atoms with Gasteiger partial charge in [0, 0.05) is 31.7 Å². The molecule has 2 rings (SSSR count). The zero-order valence-electron chi connectivity index (χ0n) is 16.8. The first-order valence-electron chi connectivity index (χ1n) is 9.77. The number of hydrogen-bond donors (Lipinski definition) is 1. The van der Waals surface area contributed by atoms with Crippen LogP contribution in [-0.4, -0.2) is 60.4 Å². The van der Waals surface area contributed by atoms with Crippen molar-refractivity contribution in [2.75, 3.05) is 19.6 Å². The molecule has 0 aromatic rings. The van der Waals surface area contributed by atoms with Crippen molar-refractivity contribution in [3.8, 4) is 0 Å². The van der Waals surface area contributed by atoms with Crippen LogP contribution >= 0.6 is 0 Å². The number of ether oxygens (including phenoxy) is 1. The fourth-order valence-corrected chi connectivity index (χ4v) is 5.90. The molecule has 0 spiro atoms. The molecule has 0 radical (unpaired) electrons. The first-order valence-corrected chi connectivity index (χ1v) is 11.2. The maximum atomic E-state index is 13.2. The Morgan fingerprint density at radius 3 is 2.46 bits per heavy atom. The van der Waals surface area contributed by atoms with Crippen molar-refractivity contribution in [1.29, 1.82) is 0 Å². The molecule has 152 valence electrons. The summed E-state index contributed by atoms with van der Waals surface area (Å²) in [6.45, 7) is 11.1. The molecule has 2 fully saturated rings. The molecule has 8 heteroatoms. The minimum Gasteiger partial charge on any atom is -0.444 e. The van der Waals surface area contributed by atoms with Crippen molar-refractivity contribution in [1.82, 2.24) is 13.9 Å². The number of alkyl carbamates (subject to hydrolysis) is 1.